The summed E-state index contributed by atoms with van der Waals surface area (Å²) >= 11 is 0. The van der Waals surface area contributed by atoms with Gasteiger partial charge < -0.3 is 4.74 Å². The maximum atomic E-state index is 13.6. The van der Waals surface area contributed by atoms with E-state index in [1.165, 1.54) is 6.07 Å². The van der Waals surface area contributed by atoms with Crippen LogP contribution in [0.2, 0.25) is 0 Å². The van der Waals surface area contributed by atoms with Crippen molar-refractivity contribution in [1.29, 1.82) is 0 Å². The lowest BCUT2D eigenvalue weighted by Gasteiger charge is -2.12. The van der Waals surface area contributed by atoms with E-state index in [-0.39, 0.29) is 12.0 Å². The number of hydrazine groups is 2. The Morgan fingerprint density at radius 3 is 2.53 bits per heavy atom. The van der Waals surface area contributed by atoms with Crippen LogP contribution in [-0.2, 0) is 0 Å². The third-order valence-electron chi connectivity index (χ3n) is 2.93. The molecular formula is C14H14FN3O. The molecule has 1 saturated heterocycles. The summed E-state index contributed by atoms with van der Waals surface area (Å²) in [4.78, 5) is 0. The SMILES string of the molecule is Fc1ccccc1-c1ccc(OC2CNNN2)cc1. The number of rotatable bonds is 3. The fourth-order valence-corrected chi connectivity index (χ4v) is 1.97. The fourth-order valence-electron chi connectivity index (χ4n) is 1.97. The molecule has 2 aromatic rings. The molecule has 3 rings (SSSR count). The highest BCUT2D eigenvalue weighted by Crippen LogP contribution is 2.24. The molecule has 1 fully saturated rings. The van der Waals surface area contributed by atoms with Crippen LogP contribution in [0.25, 0.3) is 11.1 Å². The van der Waals surface area contributed by atoms with Crippen LogP contribution in [0.1, 0.15) is 0 Å². The van der Waals surface area contributed by atoms with Gasteiger partial charge in [-0.2, -0.15) is 5.53 Å². The lowest BCUT2D eigenvalue weighted by atomic mass is 10.1. The first kappa shape index (κ1) is 12.1. The summed E-state index contributed by atoms with van der Waals surface area (Å²) in [6.07, 6.45) is -0.112. The fraction of sp³-hybridized carbons (Fsp3) is 0.143. The number of hydrogen-bond donors (Lipinski definition) is 3. The zero-order valence-electron chi connectivity index (χ0n) is 10.2. The van der Waals surface area contributed by atoms with Gasteiger partial charge in [0.15, 0.2) is 6.23 Å². The van der Waals surface area contributed by atoms with Crippen LogP contribution < -0.4 is 21.1 Å². The van der Waals surface area contributed by atoms with Crippen molar-refractivity contribution >= 4 is 0 Å². The van der Waals surface area contributed by atoms with Crippen molar-refractivity contribution < 1.29 is 9.13 Å². The summed E-state index contributed by atoms with van der Waals surface area (Å²) in [5, 5.41) is 0. The van der Waals surface area contributed by atoms with Crippen LogP contribution >= 0.6 is 0 Å². The summed E-state index contributed by atoms with van der Waals surface area (Å²) in [6, 6.07) is 14.1. The van der Waals surface area contributed by atoms with Gasteiger partial charge >= 0.3 is 0 Å². The maximum Gasteiger partial charge on any atom is 0.177 e. The van der Waals surface area contributed by atoms with E-state index >= 15 is 0 Å². The summed E-state index contributed by atoms with van der Waals surface area (Å²) in [5.74, 6) is 0.519. The lowest BCUT2D eigenvalue weighted by molar-refractivity contribution is 0.191. The first-order chi connectivity index (χ1) is 9.33. The highest BCUT2D eigenvalue weighted by molar-refractivity contribution is 5.64. The highest BCUT2D eigenvalue weighted by atomic mass is 19.1. The van der Waals surface area contributed by atoms with Crippen LogP contribution in [0.3, 0.4) is 0 Å². The second-order valence-corrected chi connectivity index (χ2v) is 4.26. The van der Waals surface area contributed by atoms with Crippen LogP contribution in [0.4, 0.5) is 4.39 Å². The minimum absolute atomic E-state index is 0.112. The quantitative estimate of drug-likeness (QED) is 0.786. The molecular weight excluding hydrogens is 245 g/mol. The average Bonchev–Trinajstić information content (AvgIpc) is 2.93. The first-order valence-electron chi connectivity index (χ1n) is 6.08. The third kappa shape index (κ3) is 2.73. The van der Waals surface area contributed by atoms with E-state index in [2.05, 4.69) is 16.4 Å². The van der Waals surface area contributed by atoms with Gasteiger partial charge in [-0.3, -0.25) is 0 Å². The van der Waals surface area contributed by atoms with Gasteiger partial charge in [0, 0.05) is 5.56 Å². The van der Waals surface area contributed by atoms with Crippen molar-refractivity contribution in [1.82, 2.24) is 16.4 Å². The minimum atomic E-state index is -0.220. The molecule has 4 nitrogen and oxygen atoms in total. The molecule has 0 spiro atoms. The zero-order valence-corrected chi connectivity index (χ0v) is 10.2. The van der Waals surface area contributed by atoms with Crippen LogP contribution in [-0.4, -0.2) is 12.8 Å². The molecule has 2 aromatic carbocycles. The largest absolute Gasteiger partial charge is 0.473 e. The van der Waals surface area contributed by atoms with Crippen molar-refractivity contribution in [2.75, 3.05) is 6.54 Å². The number of hydrogen-bond acceptors (Lipinski definition) is 4. The van der Waals surface area contributed by atoms with E-state index in [9.17, 15) is 4.39 Å². The van der Waals surface area contributed by atoms with Gasteiger partial charge in [-0.1, -0.05) is 30.3 Å². The molecule has 1 atom stereocenters. The van der Waals surface area contributed by atoms with E-state index in [0.717, 1.165) is 11.3 Å². The summed E-state index contributed by atoms with van der Waals surface area (Å²) in [7, 11) is 0. The molecule has 1 aliphatic heterocycles. The monoisotopic (exact) mass is 259 g/mol. The lowest BCUT2D eigenvalue weighted by Crippen LogP contribution is -2.36. The molecule has 1 unspecified atom stereocenters. The summed E-state index contributed by atoms with van der Waals surface area (Å²) in [5.41, 5.74) is 10.0. The standard InChI is InChI=1S/C14H14FN3O/c15-13-4-2-1-3-12(13)10-5-7-11(8-6-10)19-14-9-16-18-17-14/h1-8,14,16-18H,9H2. The molecule has 5 heteroatoms. The van der Waals surface area contributed by atoms with Gasteiger partial charge in [0.2, 0.25) is 0 Å². The highest BCUT2D eigenvalue weighted by Gasteiger charge is 2.14. The normalized spacial score (nSPS) is 18.5. The van der Waals surface area contributed by atoms with Gasteiger partial charge in [0.05, 0.1) is 6.54 Å². The van der Waals surface area contributed by atoms with Gasteiger partial charge in [0.25, 0.3) is 0 Å². The van der Waals surface area contributed by atoms with E-state index < -0.39 is 0 Å². The molecule has 0 amide bonds. The van der Waals surface area contributed by atoms with Crippen molar-refractivity contribution in [2.24, 2.45) is 0 Å². The van der Waals surface area contributed by atoms with Crippen molar-refractivity contribution in [2.45, 2.75) is 6.23 Å². The molecule has 98 valence electrons. The van der Waals surface area contributed by atoms with E-state index in [1.807, 2.05) is 30.3 Å². The van der Waals surface area contributed by atoms with Crippen LogP contribution in [0.5, 0.6) is 5.75 Å². The Morgan fingerprint density at radius 2 is 1.84 bits per heavy atom. The average molecular weight is 259 g/mol. The van der Waals surface area contributed by atoms with Crippen molar-refractivity contribution in [3.63, 3.8) is 0 Å². The van der Waals surface area contributed by atoms with E-state index in [4.69, 9.17) is 4.74 Å². The Morgan fingerprint density at radius 1 is 1.05 bits per heavy atom. The predicted octanol–water partition coefficient (Wildman–Crippen LogP) is 1.81. The smallest absolute Gasteiger partial charge is 0.177 e. The van der Waals surface area contributed by atoms with Crippen molar-refractivity contribution in [3.8, 4) is 16.9 Å². The Kier molecular flexibility index (Phi) is 3.41. The minimum Gasteiger partial charge on any atom is -0.473 e. The number of halogens is 1. The van der Waals surface area contributed by atoms with Gasteiger partial charge in [0.1, 0.15) is 11.6 Å². The molecule has 19 heavy (non-hydrogen) atoms. The summed E-state index contributed by atoms with van der Waals surface area (Å²) in [6.45, 7) is 0.676. The molecule has 0 aromatic heterocycles. The molecule has 1 aliphatic rings. The van der Waals surface area contributed by atoms with E-state index in [1.54, 1.807) is 12.1 Å². The molecule has 0 bridgehead atoms. The number of ether oxygens (including phenoxy) is 1. The van der Waals surface area contributed by atoms with Crippen LogP contribution in [0, 0.1) is 5.82 Å². The number of nitrogens with one attached hydrogen (secondary N) is 3. The maximum absolute atomic E-state index is 13.6. The predicted molar refractivity (Wildman–Crippen MR) is 70.5 cm³/mol. The molecule has 3 N–H and O–H groups in total. The molecule has 0 saturated carbocycles. The van der Waals surface area contributed by atoms with E-state index in [0.29, 0.717) is 12.1 Å². The van der Waals surface area contributed by atoms with Gasteiger partial charge in [-0.15, -0.1) is 0 Å². The molecule has 0 radical (unpaired) electrons. The van der Waals surface area contributed by atoms with Crippen LogP contribution in [0.15, 0.2) is 48.5 Å². The molecule has 0 aliphatic carbocycles. The zero-order chi connectivity index (χ0) is 13.1. The second kappa shape index (κ2) is 5.36. The van der Waals surface area contributed by atoms with Gasteiger partial charge in [-0.25, -0.2) is 15.2 Å². The summed E-state index contributed by atoms with van der Waals surface area (Å²) < 4.78 is 19.3. The topological polar surface area (TPSA) is 45.3 Å². The Bertz CT molecular complexity index is 553. The first-order valence-corrected chi connectivity index (χ1v) is 6.08. The number of benzene rings is 2. The molecule has 1 heterocycles. The Balaban J connectivity index is 1.77. The van der Waals surface area contributed by atoms with Gasteiger partial charge in [-0.05, 0) is 23.8 Å². The Labute approximate surface area is 110 Å². The Hall–Kier alpha value is -1.95. The second-order valence-electron chi connectivity index (χ2n) is 4.26. The van der Waals surface area contributed by atoms with Crippen molar-refractivity contribution in [3.05, 3.63) is 54.3 Å². The third-order valence-corrected chi connectivity index (χ3v) is 2.93.